The second-order valence-corrected chi connectivity index (χ2v) is 24.1. The van der Waals surface area contributed by atoms with Gasteiger partial charge in [0.2, 0.25) is 0 Å². The molecule has 0 aliphatic rings. The predicted molar refractivity (Wildman–Crippen MR) is 349 cm³/mol. The molecule has 0 aromatic carbocycles. The molecule has 0 bridgehead atoms. The molecule has 0 saturated carbocycles. The number of unbranched alkanes of at least 4 members (excludes halogenated alkanes) is 47. The number of carbonyl (C=O) groups is 3. The first-order valence-corrected chi connectivity index (χ1v) is 35.6. The van der Waals surface area contributed by atoms with Gasteiger partial charge in [0, 0.05) is 19.3 Å². The Morgan fingerprint density at radius 3 is 0.713 bits per heavy atom. The van der Waals surface area contributed by atoms with Gasteiger partial charge in [-0.15, -0.1) is 0 Å². The summed E-state index contributed by atoms with van der Waals surface area (Å²) in [5, 5.41) is 0. The fourth-order valence-electron chi connectivity index (χ4n) is 10.7. The Balaban J connectivity index is 4.07. The van der Waals surface area contributed by atoms with Gasteiger partial charge in [0.25, 0.3) is 0 Å². The number of esters is 3. The molecule has 0 amide bonds. The van der Waals surface area contributed by atoms with Crippen LogP contribution in [0.3, 0.4) is 0 Å². The van der Waals surface area contributed by atoms with Crippen molar-refractivity contribution in [3.8, 4) is 0 Å². The van der Waals surface area contributed by atoms with Crippen LogP contribution in [0, 0.1) is 0 Å². The minimum Gasteiger partial charge on any atom is -0.462 e. The van der Waals surface area contributed by atoms with Crippen LogP contribution in [0.15, 0.2) is 48.6 Å². The zero-order chi connectivity index (χ0) is 57.8. The molecule has 0 N–H and O–H groups in total. The van der Waals surface area contributed by atoms with E-state index in [1.807, 2.05) is 0 Å². The third-order valence-electron chi connectivity index (χ3n) is 16.1. The smallest absolute Gasteiger partial charge is 0.306 e. The van der Waals surface area contributed by atoms with Gasteiger partial charge < -0.3 is 14.2 Å². The van der Waals surface area contributed by atoms with Crippen LogP contribution in [0.4, 0.5) is 0 Å². The van der Waals surface area contributed by atoms with Crippen molar-refractivity contribution in [2.45, 2.75) is 393 Å². The zero-order valence-electron chi connectivity index (χ0n) is 53.9. The van der Waals surface area contributed by atoms with Gasteiger partial charge >= 0.3 is 17.9 Å². The first kappa shape index (κ1) is 77.4. The average Bonchev–Trinajstić information content (AvgIpc) is 3.46. The molecule has 80 heavy (non-hydrogen) atoms. The predicted octanol–water partition coefficient (Wildman–Crippen LogP) is 24.5. The third kappa shape index (κ3) is 66.2. The Morgan fingerprint density at radius 2 is 0.450 bits per heavy atom. The van der Waals surface area contributed by atoms with Gasteiger partial charge in [-0.1, -0.05) is 333 Å². The summed E-state index contributed by atoms with van der Waals surface area (Å²) in [5.41, 5.74) is 0. The highest BCUT2D eigenvalue weighted by atomic mass is 16.6. The largest absolute Gasteiger partial charge is 0.462 e. The van der Waals surface area contributed by atoms with Gasteiger partial charge in [-0.3, -0.25) is 14.4 Å². The third-order valence-corrected chi connectivity index (χ3v) is 16.1. The summed E-state index contributed by atoms with van der Waals surface area (Å²) < 4.78 is 16.9. The first-order valence-electron chi connectivity index (χ1n) is 35.6. The van der Waals surface area contributed by atoms with Gasteiger partial charge in [0.1, 0.15) is 13.2 Å². The summed E-state index contributed by atoms with van der Waals surface area (Å²) in [6.45, 7) is 6.65. The highest BCUT2D eigenvalue weighted by Gasteiger charge is 2.19. The molecule has 0 aromatic heterocycles. The second-order valence-electron chi connectivity index (χ2n) is 24.1. The maximum absolute atomic E-state index is 12.9. The van der Waals surface area contributed by atoms with E-state index in [4.69, 9.17) is 14.2 Å². The maximum atomic E-state index is 12.9. The van der Waals surface area contributed by atoms with Crippen molar-refractivity contribution < 1.29 is 28.6 Å². The molecule has 0 aliphatic heterocycles. The molecule has 6 heteroatoms. The first-order chi connectivity index (χ1) is 39.5. The lowest BCUT2D eigenvalue weighted by Crippen LogP contribution is -2.30. The van der Waals surface area contributed by atoms with Crippen LogP contribution in [0.25, 0.3) is 0 Å². The monoisotopic (exact) mass is 1120 g/mol. The van der Waals surface area contributed by atoms with Crippen LogP contribution in [-0.4, -0.2) is 37.2 Å². The zero-order valence-corrected chi connectivity index (χ0v) is 53.9. The summed E-state index contributed by atoms with van der Waals surface area (Å²) in [5.74, 6) is -0.850. The van der Waals surface area contributed by atoms with Gasteiger partial charge in [0.15, 0.2) is 6.10 Å². The minimum absolute atomic E-state index is 0.0693. The molecule has 6 nitrogen and oxygen atoms in total. The fraction of sp³-hybridized carbons (Fsp3) is 0.851. The lowest BCUT2D eigenvalue weighted by atomic mass is 10.0. The van der Waals surface area contributed by atoms with Crippen LogP contribution in [-0.2, 0) is 28.6 Å². The van der Waals surface area contributed by atoms with Crippen molar-refractivity contribution in [1.82, 2.24) is 0 Å². The number of carbonyl (C=O) groups excluding carboxylic acids is 3. The molecule has 0 spiro atoms. The van der Waals surface area contributed by atoms with Crippen molar-refractivity contribution in [3.05, 3.63) is 48.6 Å². The van der Waals surface area contributed by atoms with Gasteiger partial charge in [-0.2, -0.15) is 0 Å². The Bertz CT molecular complexity index is 1380. The van der Waals surface area contributed by atoms with Gasteiger partial charge in [-0.05, 0) is 83.5 Å². The molecule has 468 valence electrons. The average molecular weight is 1120 g/mol. The molecular formula is C74H136O6. The highest BCUT2D eigenvalue weighted by molar-refractivity contribution is 5.71. The van der Waals surface area contributed by atoms with Gasteiger partial charge in [0.05, 0.1) is 0 Å². The van der Waals surface area contributed by atoms with E-state index in [1.54, 1.807) is 0 Å². The molecule has 0 aliphatic carbocycles. The normalized spacial score (nSPS) is 12.3. The SMILES string of the molecule is CCCCC/C=C\C/C=C\CCCCCCCCCCCC(=O)OC(COC(=O)CCCCCCCCCCCC)COC(=O)CCCCCCCCCCCCCCCCCCCCCCC/C=C\C/C=C\CCCCCCC. The van der Waals surface area contributed by atoms with Crippen molar-refractivity contribution in [1.29, 1.82) is 0 Å². The van der Waals surface area contributed by atoms with Crippen molar-refractivity contribution in [3.63, 3.8) is 0 Å². The Morgan fingerprint density at radius 1 is 0.250 bits per heavy atom. The summed E-state index contributed by atoms with van der Waals surface area (Å²) in [6, 6.07) is 0. The van der Waals surface area contributed by atoms with E-state index in [0.717, 1.165) is 70.6 Å². The standard InChI is InChI=1S/C74H136O6/c1-4-7-10-13-16-19-22-24-26-28-30-31-32-33-34-35-36-37-38-39-40-41-42-43-45-46-48-50-52-55-58-61-64-67-73(76)79-70-71(69-78-72(75)66-63-60-57-54-21-18-15-12-9-6-3)80-74(77)68-65-62-59-56-53-51-49-47-44-29-27-25-23-20-17-14-11-8-5-2/h17,20,22,24-25,27-28,30,71H,4-16,18-19,21,23,26,29,31-70H2,1-3H3/b20-17-,24-22-,27-25-,30-28-. The number of allylic oxidation sites excluding steroid dienone is 8. The number of ether oxygens (including phenoxy) is 3. The Hall–Kier alpha value is -2.63. The van der Waals surface area contributed by atoms with E-state index in [0.29, 0.717) is 19.3 Å². The van der Waals surface area contributed by atoms with Crippen LogP contribution >= 0.6 is 0 Å². The summed E-state index contributed by atoms with van der Waals surface area (Å²) in [7, 11) is 0. The van der Waals surface area contributed by atoms with Crippen LogP contribution < -0.4 is 0 Å². The molecule has 0 aromatic rings. The molecule has 0 heterocycles. The van der Waals surface area contributed by atoms with Gasteiger partial charge in [-0.25, -0.2) is 0 Å². The van der Waals surface area contributed by atoms with E-state index in [1.165, 1.54) is 276 Å². The second kappa shape index (κ2) is 68.9. The quantitative estimate of drug-likeness (QED) is 0.0261. The van der Waals surface area contributed by atoms with Crippen molar-refractivity contribution in [2.24, 2.45) is 0 Å². The van der Waals surface area contributed by atoms with Crippen LogP contribution in [0.5, 0.6) is 0 Å². The molecule has 0 fully saturated rings. The van der Waals surface area contributed by atoms with Crippen molar-refractivity contribution in [2.75, 3.05) is 13.2 Å². The van der Waals surface area contributed by atoms with E-state index in [2.05, 4.69) is 69.4 Å². The highest BCUT2D eigenvalue weighted by Crippen LogP contribution is 2.18. The van der Waals surface area contributed by atoms with E-state index >= 15 is 0 Å². The summed E-state index contributed by atoms with van der Waals surface area (Å²) in [4.78, 5) is 38.3. The lowest BCUT2D eigenvalue weighted by molar-refractivity contribution is -0.167. The number of hydrogen-bond acceptors (Lipinski definition) is 6. The topological polar surface area (TPSA) is 78.9 Å². The summed E-state index contributed by atoms with van der Waals surface area (Å²) >= 11 is 0. The van der Waals surface area contributed by atoms with Crippen LogP contribution in [0.1, 0.15) is 387 Å². The molecule has 1 atom stereocenters. The number of hydrogen-bond donors (Lipinski definition) is 0. The van der Waals surface area contributed by atoms with E-state index in [-0.39, 0.29) is 31.1 Å². The lowest BCUT2D eigenvalue weighted by Gasteiger charge is -2.18. The Kier molecular flexibility index (Phi) is 66.6. The van der Waals surface area contributed by atoms with E-state index in [9.17, 15) is 14.4 Å². The molecule has 1 unspecified atom stereocenters. The summed E-state index contributed by atoms with van der Waals surface area (Å²) in [6.07, 6.45) is 87.3. The molecule has 0 saturated heterocycles. The molecular weight excluding hydrogens is 985 g/mol. The molecule has 0 rings (SSSR count). The number of rotatable bonds is 66. The fourth-order valence-corrected chi connectivity index (χ4v) is 10.7. The minimum atomic E-state index is -0.772. The maximum Gasteiger partial charge on any atom is 0.306 e. The van der Waals surface area contributed by atoms with Crippen molar-refractivity contribution >= 4 is 17.9 Å². The Labute approximate surface area is 498 Å². The van der Waals surface area contributed by atoms with Crippen LogP contribution in [0.2, 0.25) is 0 Å². The molecule has 0 radical (unpaired) electrons. The van der Waals surface area contributed by atoms with E-state index < -0.39 is 6.10 Å².